The Morgan fingerprint density at radius 3 is 2.76 bits per heavy atom. The van der Waals surface area contributed by atoms with Crippen LogP contribution in [0.5, 0.6) is 5.75 Å². The molecule has 4 heterocycles. The molecule has 1 aliphatic rings. The van der Waals surface area contributed by atoms with E-state index < -0.39 is 0 Å². The molecule has 3 aromatic heterocycles. The zero-order chi connectivity index (χ0) is 23.4. The van der Waals surface area contributed by atoms with Gasteiger partial charge in [0.15, 0.2) is 0 Å². The van der Waals surface area contributed by atoms with Crippen LogP contribution in [0.25, 0.3) is 32.5 Å². The summed E-state index contributed by atoms with van der Waals surface area (Å²) in [6.45, 7) is 8.26. The van der Waals surface area contributed by atoms with Gasteiger partial charge < -0.3 is 19.2 Å². The molecule has 0 saturated heterocycles. The number of carbonyl (C=O) groups is 1. The highest BCUT2D eigenvalue weighted by Crippen LogP contribution is 2.32. The van der Waals surface area contributed by atoms with Gasteiger partial charge in [0.1, 0.15) is 34.2 Å². The Morgan fingerprint density at radius 1 is 1.09 bits per heavy atom. The van der Waals surface area contributed by atoms with E-state index in [0.29, 0.717) is 25.4 Å². The lowest BCUT2D eigenvalue weighted by Gasteiger charge is -2.21. The number of ether oxygens (including phenoxy) is 1. The fourth-order valence-electron chi connectivity index (χ4n) is 4.75. The lowest BCUT2D eigenvalue weighted by atomic mass is 10.0. The lowest BCUT2D eigenvalue weighted by Crippen LogP contribution is -2.33. The van der Waals surface area contributed by atoms with Crippen LogP contribution in [0, 0.1) is 13.8 Å². The van der Waals surface area contributed by atoms with Crippen molar-refractivity contribution in [2.24, 2.45) is 0 Å². The molecule has 0 fully saturated rings. The highest BCUT2D eigenvalue weighted by atomic mass is 32.1. The molecule has 2 aromatic carbocycles. The normalized spacial score (nSPS) is 13.8. The number of fused-ring (bicyclic) bond motifs is 3. The number of imidazole rings is 1. The van der Waals surface area contributed by atoms with Crippen molar-refractivity contribution in [3.63, 3.8) is 0 Å². The summed E-state index contributed by atoms with van der Waals surface area (Å²) in [4.78, 5) is 28.9. The van der Waals surface area contributed by atoms with Crippen LogP contribution in [-0.4, -0.2) is 43.5 Å². The summed E-state index contributed by atoms with van der Waals surface area (Å²) in [7, 11) is 0. The standard InChI is InChI=1S/C26H25N5O2S/c1-4-31-23(13-22-26(31)34-16(3)29-22)25(32)30-9-10-33-24-8-6-17(11-19(24)14-30)18-5-7-20-21(12-18)28-15(2)27-20/h5-8,11-13H,4,9-10,14H2,1-3H3,(H,27,28). The number of thiazole rings is 1. The molecular formula is C26H25N5O2S. The summed E-state index contributed by atoms with van der Waals surface area (Å²) < 4.78 is 8.09. The zero-order valence-corrected chi connectivity index (χ0v) is 20.2. The minimum absolute atomic E-state index is 0.0147. The van der Waals surface area contributed by atoms with Gasteiger partial charge >= 0.3 is 0 Å². The first-order valence-corrected chi connectivity index (χ1v) is 12.3. The van der Waals surface area contributed by atoms with Gasteiger partial charge in [0, 0.05) is 18.7 Å². The van der Waals surface area contributed by atoms with Crippen molar-refractivity contribution in [3.05, 3.63) is 64.6 Å². The Labute approximate surface area is 201 Å². The van der Waals surface area contributed by atoms with Gasteiger partial charge in [0.25, 0.3) is 5.91 Å². The zero-order valence-electron chi connectivity index (χ0n) is 19.4. The Kier molecular flexibility index (Phi) is 4.91. The van der Waals surface area contributed by atoms with Crippen molar-refractivity contribution >= 4 is 38.6 Å². The maximum absolute atomic E-state index is 13.6. The summed E-state index contributed by atoms with van der Waals surface area (Å²) in [6, 6.07) is 14.4. The Morgan fingerprint density at radius 2 is 1.91 bits per heavy atom. The maximum atomic E-state index is 13.6. The largest absolute Gasteiger partial charge is 0.491 e. The number of aromatic nitrogens is 4. The second kappa shape index (κ2) is 7.99. The SMILES string of the molecule is CCn1c(C(=O)N2CCOc3ccc(-c4ccc5nc(C)[nH]c5c4)cc3C2)cc2nc(C)sc21. The van der Waals surface area contributed by atoms with Crippen LogP contribution in [0.4, 0.5) is 0 Å². The number of nitrogens with zero attached hydrogens (tertiary/aromatic N) is 4. The molecule has 0 unspecified atom stereocenters. The van der Waals surface area contributed by atoms with Crippen LogP contribution >= 0.6 is 11.3 Å². The van der Waals surface area contributed by atoms with Crippen LogP contribution in [0.2, 0.25) is 0 Å². The van der Waals surface area contributed by atoms with Crippen LogP contribution < -0.4 is 4.74 Å². The monoisotopic (exact) mass is 471 g/mol. The second-order valence-corrected chi connectivity index (χ2v) is 9.83. The second-order valence-electron chi connectivity index (χ2n) is 8.65. The first-order valence-electron chi connectivity index (χ1n) is 11.5. The third-order valence-electron chi connectivity index (χ3n) is 6.35. The molecule has 1 N–H and O–H groups in total. The van der Waals surface area contributed by atoms with E-state index in [1.807, 2.05) is 36.9 Å². The molecule has 7 nitrogen and oxygen atoms in total. The molecule has 0 spiro atoms. The van der Waals surface area contributed by atoms with Gasteiger partial charge in [0.05, 0.1) is 22.6 Å². The summed E-state index contributed by atoms with van der Waals surface area (Å²) in [5, 5.41) is 1.01. The number of aromatic amines is 1. The molecule has 34 heavy (non-hydrogen) atoms. The van der Waals surface area contributed by atoms with E-state index in [-0.39, 0.29) is 5.91 Å². The van der Waals surface area contributed by atoms with Crippen molar-refractivity contribution in [3.8, 4) is 16.9 Å². The third-order valence-corrected chi connectivity index (χ3v) is 7.36. The number of hydrogen-bond acceptors (Lipinski definition) is 5. The predicted molar refractivity (Wildman–Crippen MR) is 135 cm³/mol. The van der Waals surface area contributed by atoms with Gasteiger partial charge in [-0.3, -0.25) is 4.79 Å². The molecule has 0 atom stereocenters. The molecule has 0 saturated carbocycles. The topological polar surface area (TPSA) is 76.0 Å². The predicted octanol–water partition coefficient (Wildman–Crippen LogP) is 5.31. The Hall–Kier alpha value is -3.65. The number of rotatable bonds is 3. The average molecular weight is 472 g/mol. The highest BCUT2D eigenvalue weighted by molar-refractivity contribution is 7.18. The molecule has 0 bridgehead atoms. The number of benzene rings is 2. The van der Waals surface area contributed by atoms with Crippen molar-refractivity contribution in [1.29, 1.82) is 0 Å². The lowest BCUT2D eigenvalue weighted by molar-refractivity contribution is 0.0723. The summed E-state index contributed by atoms with van der Waals surface area (Å²) in [6.07, 6.45) is 0. The van der Waals surface area contributed by atoms with Gasteiger partial charge in [-0.25, -0.2) is 9.97 Å². The molecule has 1 amide bonds. The van der Waals surface area contributed by atoms with Crippen molar-refractivity contribution < 1.29 is 9.53 Å². The van der Waals surface area contributed by atoms with Crippen LogP contribution in [-0.2, 0) is 13.1 Å². The highest BCUT2D eigenvalue weighted by Gasteiger charge is 2.25. The van der Waals surface area contributed by atoms with E-state index in [4.69, 9.17) is 4.74 Å². The van der Waals surface area contributed by atoms with Crippen LogP contribution in [0.15, 0.2) is 42.5 Å². The molecule has 8 heteroatoms. The third kappa shape index (κ3) is 3.45. The molecule has 6 rings (SSSR count). The first-order chi connectivity index (χ1) is 16.5. The number of aryl methyl sites for hydroxylation is 3. The van der Waals surface area contributed by atoms with Gasteiger partial charge in [-0.15, -0.1) is 11.3 Å². The minimum atomic E-state index is 0.0147. The number of carbonyl (C=O) groups excluding carboxylic acids is 1. The quantitative estimate of drug-likeness (QED) is 0.387. The van der Waals surface area contributed by atoms with Gasteiger partial charge in [-0.1, -0.05) is 12.1 Å². The Bertz CT molecular complexity index is 1560. The Balaban J connectivity index is 1.34. The van der Waals surface area contributed by atoms with Gasteiger partial charge in [0.2, 0.25) is 0 Å². The molecule has 5 aromatic rings. The molecule has 1 aliphatic heterocycles. The molecule has 0 radical (unpaired) electrons. The van der Waals surface area contributed by atoms with Crippen LogP contribution in [0.3, 0.4) is 0 Å². The molecule has 0 aliphatic carbocycles. The number of H-pyrrole nitrogens is 1. The number of amides is 1. The van der Waals surface area contributed by atoms with E-state index in [2.05, 4.69) is 50.7 Å². The van der Waals surface area contributed by atoms with Crippen molar-refractivity contribution in [2.45, 2.75) is 33.9 Å². The maximum Gasteiger partial charge on any atom is 0.271 e. The number of hydrogen-bond donors (Lipinski definition) is 1. The average Bonchev–Trinajstić information content (AvgIpc) is 3.42. The molecule has 172 valence electrons. The van der Waals surface area contributed by atoms with Crippen molar-refractivity contribution in [1.82, 2.24) is 24.4 Å². The summed E-state index contributed by atoms with van der Waals surface area (Å²) in [5.41, 5.74) is 6.75. The summed E-state index contributed by atoms with van der Waals surface area (Å²) in [5.74, 6) is 1.75. The number of nitrogens with one attached hydrogen (secondary N) is 1. The smallest absolute Gasteiger partial charge is 0.271 e. The summed E-state index contributed by atoms with van der Waals surface area (Å²) >= 11 is 1.63. The van der Waals surface area contributed by atoms with Crippen LogP contribution in [0.1, 0.15) is 33.8 Å². The van der Waals surface area contributed by atoms with E-state index in [1.165, 1.54) is 0 Å². The van der Waals surface area contributed by atoms with E-state index in [9.17, 15) is 4.79 Å². The fourth-order valence-corrected chi connectivity index (χ4v) is 5.72. The molecular weight excluding hydrogens is 446 g/mol. The van der Waals surface area contributed by atoms with Gasteiger partial charge in [-0.05, 0) is 62.2 Å². The first kappa shape index (κ1) is 20.9. The van der Waals surface area contributed by atoms with Crippen molar-refractivity contribution in [2.75, 3.05) is 13.2 Å². The van der Waals surface area contributed by atoms with E-state index >= 15 is 0 Å². The fraction of sp³-hybridized carbons (Fsp3) is 0.269. The van der Waals surface area contributed by atoms with E-state index in [1.54, 1.807) is 11.3 Å². The minimum Gasteiger partial charge on any atom is -0.491 e. The van der Waals surface area contributed by atoms with Gasteiger partial charge in [-0.2, -0.15) is 0 Å². The van der Waals surface area contributed by atoms with E-state index in [0.717, 1.165) is 61.2 Å².